The first-order valence-corrected chi connectivity index (χ1v) is 8.16. The van der Waals surface area contributed by atoms with Gasteiger partial charge in [0.25, 0.3) is 0 Å². The predicted molar refractivity (Wildman–Crippen MR) is 87.2 cm³/mol. The first kappa shape index (κ1) is 15.4. The molecule has 3 rings (SSSR count). The third-order valence-electron chi connectivity index (χ3n) is 4.93. The molecule has 2 unspecified atom stereocenters. The van der Waals surface area contributed by atoms with Crippen molar-refractivity contribution in [3.63, 3.8) is 0 Å². The number of imidazole rings is 1. The van der Waals surface area contributed by atoms with E-state index in [9.17, 15) is 4.39 Å². The smallest absolute Gasteiger partial charge is 0.151 e. The summed E-state index contributed by atoms with van der Waals surface area (Å²) in [6.45, 7) is 7.54. The van der Waals surface area contributed by atoms with E-state index in [-0.39, 0.29) is 5.82 Å². The molecule has 1 N–H and O–H groups in total. The average molecular weight is 304 g/mol. The Hall–Kier alpha value is -1.46. The van der Waals surface area contributed by atoms with Gasteiger partial charge in [-0.1, -0.05) is 13.0 Å². The Kier molecular flexibility index (Phi) is 4.45. The molecule has 1 fully saturated rings. The van der Waals surface area contributed by atoms with Crippen LogP contribution in [0.25, 0.3) is 11.0 Å². The Morgan fingerprint density at radius 3 is 2.95 bits per heavy atom. The summed E-state index contributed by atoms with van der Waals surface area (Å²) < 4.78 is 13.7. The number of hydrogen-bond donors (Lipinski definition) is 1. The van der Waals surface area contributed by atoms with Gasteiger partial charge in [0.15, 0.2) is 5.82 Å². The number of hydrogen-bond acceptors (Lipinski definition) is 3. The molecule has 4 nitrogen and oxygen atoms in total. The largest absolute Gasteiger partial charge is 0.341 e. The minimum Gasteiger partial charge on any atom is -0.341 e. The lowest BCUT2D eigenvalue weighted by Gasteiger charge is -2.40. The summed E-state index contributed by atoms with van der Waals surface area (Å²) in [5.41, 5.74) is 1.22. The predicted octanol–water partition coefficient (Wildman–Crippen LogP) is 3.01. The number of rotatable bonds is 4. The third kappa shape index (κ3) is 3.01. The zero-order valence-electron chi connectivity index (χ0n) is 13.6. The van der Waals surface area contributed by atoms with Gasteiger partial charge in [-0.3, -0.25) is 4.90 Å². The van der Waals surface area contributed by atoms with Gasteiger partial charge in [-0.15, -0.1) is 0 Å². The highest BCUT2D eigenvalue weighted by molar-refractivity contribution is 5.75. The summed E-state index contributed by atoms with van der Waals surface area (Å²) in [7, 11) is 2.14. The topological polar surface area (TPSA) is 35.2 Å². The van der Waals surface area contributed by atoms with Gasteiger partial charge < -0.3 is 9.88 Å². The molecular formula is C17H25FN4. The first-order chi connectivity index (χ1) is 10.6. The minimum absolute atomic E-state index is 0.257. The van der Waals surface area contributed by atoms with Crippen molar-refractivity contribution in [1.82, 2.24) is 19.8 Å². The minimum atomic E-state index is -0.257. The molecule has 1 aromatic heterocycles. The molecule has 2 heterocycles. The van der Waals surface area contributed by atoms with Crippen LogP contribution in [-0.2, 0) is 6.54 Å². The van der Waals surface area contributed by atoms with E-state index >= 15 is 0 Å². The van der Waals surface area contributed by atoms with Gasteiger partial charge in [0.1, 0.15) is 11.3 Å². The Labute approximate surface area is 131 Å². The number of para-hydroxylation sites is 1. The number of aromatic amines is 1. The summed E-state index contributed by atoms with van der Waals surface area (Å²) in [5, 5.41) is 0. The normalized spacial score (nSPS) is 23.5. The highest BCUT2D eigenvalue weighted by Gasteiger charge is 2.27. The fourth-order valence-electron chi connectivity index (χ4n) is 3.55. The molecule has 0 aliphatic carbocycles. The summed E-state index contributed by atoms with van der Waals surface area (Å²) in [5.74, 6) is 0.584. The Morgan fingerprint density at radius 2 is 2.27 bits per heavy atom. The van der Waals surface area contributed by atoms with E-state index in [1.165, 1.54) is 18.9 Å². The fraction of sp³-hybridized carbons (Fsp3) is 0.588. The number of benzene rings is 1. The van der Waals surface area contributed by atoms with Gasteiger partial charge in [0, 0.05) is 12.1 Å². The number of fused-ring (bicyclic) bond motifs is 1. The molecule has 120 valence electrons. The van der Waals surface area contributed by atoms with Crippen LogP contribution in [0, 0.1) is 5.82 Å². The van der Waals surface area contributed by atoms with Crippen molar-refractivity contribution in [1.29, 1.82) is 0 Å². The quantitative estimate of drug-likeness (QED) is 0.943. The van der Waals surface area contributed by atoms with E-state index in [0.717, 1.165) is 31.0 Å². The zero-order valence-corrected chi connectivity index (χ0v) is 13.6. The molecular weight excluding hydrogens is 279 g/mol. The number of likely N-dealkylation sites (tertiary alicyclic amines) is 1. The van der Waals surface area contributed by atoms with Gasteiger partial charge in [0.05, 0.1) is 12.1 Å². The van der Waals surface area contributed by atoms with Gasteiger partial charge in [0.2, 0.25) is 0 Å². The monoisotopic (exact) mass is 304 g/mol. The van der Waals surface area contributed by atoms with E-state index in [1.807, 2.05) is 6.07 Å². The van der Waals surface area contributed by atoms with Gasteiger partial charge in [-0.05, 0) is 52.0 Å². The summed E-state index contributed by atoms with van der Waals surface area (Å²) in [4.78, 5) is 12.5. The van der Waals surface area contributed by atoms with Crippen LogP contribution in [0.4, 0.5) is 4.39 Å². The zero-order chi connectivity index (χ0) is 15.7. The Morgan fingerprint density at radius 1 is 1.45 bits per heavy atom. The summed E-state index contributed by atoms with van der Waals surface area (Å²) in [6.07, 6.45) is 2.36. The highest BCUT2D eigenvalue weighted by Crippen LogP contribution is 2.22. The second kappa shape index (κ2) is 6.34. The maximum atomic E-state index is 13.7. The molecule has 1 aromatic carbocycles. The maximum absolute atomic E-state index is 13.7. The SMILES string of the molecule is CCN1CCC(N(C)Cc2nc3c(F)cccc3[nH]2)CC1C. The fourth-order valence-corrected chi connectivity index (χ4v) is 3.55. The number of H-pyrrole nitrogens is 1. The van der Waals surface area contributed by atoms with E-state index in [2.05, 4.69) is 40.7 Å². The molecule has 0 amide bonds. The lowest BCUT2D eigenvalue weighted by Crippen LogP contribution is -2.47. The lowest BCUT2D eigenvalue weighted by molar-refractivity contribution is 0.0852. The van der Waals surface area contributed by atoms with Crippen molar-refractivity contribution in [2.45, 2.75) is 45.3 Å². The Bertz CT molecular complexity index is 639. The molecule has 2 atom stereocenters. The van der Waals surface area contributed by atoms with Crippen LogP contribution in [0.3, 0.4) is 0 Å². The molecule has 0 spiro atoms. The molecule has 5 heteroatoms. The number of aromatic nitrogens is 2. The molecule has 1 aliphatic rings. The molecule has 0 radical (unpaired) electrons. The molecule has 0 saturated carbocycles. The van der Waals surface area contributed by atoms with Crippen LogP contribution in [-0.4, -0.2) is 52.0 Å². The van der Waals surface area contributed by atoms with Crippen molar-refractivity contribution >= 4 is 11.0 Å². The number of nitrogens with zero attached hydrogens (tertiary/aromatic N) is 3. The standard InChI is InChI=1S/C17H25FN4/c1-4-22-9-8-13(10-12(22)2)21(3)11-16-19-15-7-5-6-14(18)17(15)20-16/h5-7,12-13H,4,8-11H2,1-3H3,(H,19,20). The third-order valence-corrected chi connectivity index (χ3v) is 4.93. The van der Waals surface area contributed by atoms with Gasteiger partial charge >= 0.3 is 0 Å². The van der Waals surface area contributed by atoms with Crippen molar-refractivity contribution in [3.8, 4) is 0 Å². The average Bonchev–Trinajstić information content (AvgIpc) is 2.91. The maximum Gasteiger partial charge on any atom is 0.151 e. The van der Waals surface area contributed by atoms with E-state index in [1.54, 1.807) is 6.07 Å². The van der Waals surface area contributed by atoms with Gasteiger partial charge in [-0.2, -0.15) is 0 Å². The van der Waals surface area contributed by atoms with E-state index in [0.29, 0.717) is 17.6 Å². The molecule has 0 bridgehead atoms. The molecule has 1 aliphatic heterocycles. The van der Waals surface area contributed by atoms with Crippen LogP contribution < -0.4 is 0 Å². The van der Waals surface area contributed by atoms with Crippen molar-refractivity contribution in [3.05, 3.63) is 29.8 Å². The van der Waals surface area contributed by atoms with Crippen LogP contribution in [0.15, 0.2) is 18.2 Å². The van der Waals surface area contributed by atoms with Crippen LogP contribution in [0.2, 0.25) is 0 Å². The molecule has 1 saturated heterocycles. The molecule has 2 aromatic rings. The van der Waals surface area contributed by atoms with Crippen LogP contribution in [0.5, 0.6) is 0 Å². The summed E-state index contributed by atoms with van der Waals surface area (Å²) >= 11 is 0. The summed E-state index contributed by atoms with van der Waals surface area (Å²) in [6, 6.07) is 6.23. The van der Waals surface area contributed by atoms with E-state index < -0.39 is 0 Å². The van der Waals surface area contributed by atoms with Gasteiger partial charge in [-0.25, -0.2) is 9.37 Å². The highest BCUT2D eigenvalue weighted by atomic mass is 19.1. The van der Waals surface area contributed by atoms with Crippen LogP contribution >= 0.6 is 0 Å². The van der Waals surface area contributed by atoms with Crippen molar-refractivity contribution in [2.75, 3.05) is 20.1 Å². The molecule has 22 heavy (non-hydrogen) atoms. The van der Waals surface area contributed by atoms with Crippen LogP contribution in [0.1, 0.15) is 32.5 Å². The van der Waals surface area contributed by atoms with Crippen molar-refractivity contribution in [2.24, 2.45) is 0 Å². The lowest BCUT2D eigenvalue weighted by atomic mass is 9.97. The number of nitrogens with one attached hydrogen (secondary N) is 1. The second-order valence-corrected chi connectivity index (χ2v) is 6.39. The Balaban J connectivity index is 1.68. The van der Waals surface area contributed by atoms with E-state index in [4.69, 9.17) is 0 Å². The number of piperidine rings is 1. The number of halogens is 1. The van der Waals surface area contributed by atoms with Crippen molar-refractivity contribution < 1.29 is 4.39 Å². The first-order valence-electron chi connectivity index (χ1n) is 8.16. The second-order valence-electron chi connectivity index (χ2n) is 6.39.